The first-order chi connectivity index (χ1) is 36.4. The first-order valence-corrected chi connectivity index (χ1v) is 34.2. The maximum absolute atomic E-state index is 9.30. The topological polar surface area (TPSA) is 96.5 Å². The second-order valence-electron chi connectivity index (χ2n) is 32.0. The fourth-order valence-corrected chi connectivity index (χ4v) is 13.4. The van der Waals surface area contributed by atoms with Gasteiger partial charge in [-0.1, -0.05) is 97.8 Å². The lowest BCUT2D eigenvalue weighted by Crippen LogP contribution is -2.46. The third kappa shape index (κ3) is 46.9. The second kappa shape index (κ2) is 38.9. The van der Waals surface area contributed by atoms with Crippen molar-refractivity contribution in [2.24, 2.45) is 0 Å². The highest BCUT2D eigenvalue weighted by molar-refractivity contribution is 8.01. The van der Waals surface area contributed by atoms with E-state index in [1.165, 1.54) is 128 Å². The van der Waals surface area contributed by atoms with Gasteiger partial charge in [0.05, 0.1) is 29.5 Å². The molecule has 79 heavy (non-hydrogen) atoms. The van der Waals surface area contributed by atoms with Gasteiger partial charge >= 0.3 is 0 Å². The van der Waals surface area contributed by atoms with E-state index in [1.54, 1.807) is 0 Å². The van der Waals surface area contributed by atoms with Crippen LogP contribution in [0.15, 0.2) is 0 Å². The quantitative estimate of drug-likeness (QED) is 0.197. The Bertz CT molecular complexity index is 1250. The Morgan fingerprint density at radius 2 is 0.696 bits per heavy atom. The van der Waals surface area contributed by atoms with Gasteiger partial charge in [-0.3, -0.25) is 4.90 Å². The Labute approximate surface area is 498 Å². The molecular formula is C69H142N4O5S. The molecule has 2 saturated heterocycles. The molecule has 5 saturated carbocycles. The Hall–Kier alpha value is -0.0100. The first kappa shape index (κ1) is 77.0. The van der Waals surface area contributed by atoms with Crippen LogP contribution in [0.5, 0.6) is 0 Å². The van der Waals surface area contributed by atoms with E-state index in [0.717, 1.165) is 95.1 Å². The summed E-state index contributed by atoms with van der Waals surface area (Å²) in [5.74, 6) is 0. The molecule has 4 N–H and O–H groups in total. The lowest BCUT2D eigenvalue weighted by Gasteiger charge is -2.40. The van der Waals surface area contributed by atoms with E-state index >= 15 is 0 Å². The van der Waals surface area contributed by atoms with E-state index in [0.29, 0.717) is 40.1 Å². The lowest BCUT2D eigenvalue weighted by molar-refractivity contribution is -0.100. The summed E-state index contributed by atoms with van der Waals surface area (Å²) in [6.07, 6.45) is 37.8. The van der Waals surface area contributed by atoms with Crippen LogP contribution in [-0.2, 0) is 18.9 Å². The second-order valence-corrected chi connectivity index (χ2v) is 34.1. The van der Waals surface area contributed by atoms with Crippen LogP contribution in [0.1, 0.15) is 325 Å². The molecule has 9 nitrogen and oxygen atoms in total. The molecule has 5 aliphatic carbocycles. The summed E-state index contributed by atoms with van der Waals surface area (Å²) >= 11 is 2.18. The molecule has 0 spiro atoms. The Morgan fingerprint density at radius 1 is 0.380 bits per heavy atom. The van der Waals surface area contributed by atoms with E-state index in [-0.39, 0.29) is 28.4 Å². The molecule has 0 bridgehead atoms. The zero-order chi connectivity index (χ0) is 60.0. The summed E-state index contributed by atoms with van der Waals surface area (Å²) in [7, 11) is 2.27. The van der Waals surface area contributed by atoms with Gasteiger partial charge in [0.15, 0.2) is 0 Å². The molecule has 0 atom stereocenters. The van der Waals surface area contributed by atoms with Gasteiger partial charge in [-0.25, -0.2) is 0 Å². The highest BCUT2D eigenvalue weighted by atomic mass is 32.2. The molecule has 2 aliphatic heterocycles. The van der Waals surface area contributed by atoms with E-state index in [2.05, 4.69) is 185 Å². The molecule has 0 radical (unpaired) electrons. The van der Waals surface area contributed by atoms with Crippen molar-refractivity contribution in [3.8, 4) is 0 Å². The summed E-state index contributed by atoms with van der Waals surface area (Å²) < 4.78 is 22.7. The van der Waals surface area contributed by atoms with Gasteiger partial charge in [-0.15, -0.1) is 0 Å². The van der Waals surface area contributed by atoms with Crippen molar-refractivity contribution < 1.29 is 24.1 Å². The maximum atomic E-state index is 9.30. The molecule has 0 aromatic heterocycles. The van der Waals surface area contributed by atoms with Crippen LogP contribution >= 0.6 is 11.8 Å². The summed E-state index contributed by atoms with van der Waals surface area (Å²) in [6.45, 7) is 50.2. The number of aliphatic hydroxyl groups is 1. The van der Waals surface area contributed by atoms with Crippen LogP contribution in [0.4, 0.5) is 0 Å². The van der Waals surface area contributed by atoms with Crippen molar-refractivity contribution in [2.75, 3.05) is 33.5 Å². The number of nitrogens with zero attached hydrogens (tertiary/aromatic N) is 1. The van der Waals surface area contributed by atoms with Gasteiger partial charge in [0, 0.05) is 82.7 Å². The Kier molecular flexibility index (Phi) is 37.9. The van der Waals surface area contributed by atoms with Crippen LogP contribution in [0.25, 0.3) is 0 Å². The smallest absolute Gasteiger partial charge is 0.0626 e. The molecule has 0 amide bonds. The largest absolute Gasteiger partial charge is 0.393 e. The molecule has 10 heteroatoms. The van der Waals surface area contributed by atoms with Gasteiger partial charge in [-0.2, -0.15) is 11.8 Å². The maximum Gasteiger partial charge on any atom is 0.0626 e. The van der Waals surface area contributed by atoms with Gasteiger partial charge in [-0.05, 0) is 234 Å². The van der Waals surface area contributed by atoms with Crippen LogP contribution in [0, 0.1) is 0 Å². The van der Waals surface area contributed by atoms with E-state index in [9.17, 15) is 5.11 Å². The highest BCUT2D eigenvalue weighted by Gasteiger charge is 2.28. The van der Waals surface area contributed by atoms with E-state index < -0.39 is 0 Å². The number of nitrogens with one attached hydrogen (secondary N) is 3. The average Bonchev–Trinajstić information content (AvgIpc) is 3.32. The predicted octanol–water partition coefficient (Wildman–Crippen LogP) is 18.0. The third-order valence-corrected chi connectivity index (χ3v) is 17.0. The van der Waals surface area contributed by atoms with Gasteiger partial charge < -0.3 is 40.0 Å². The van der Waals surface area contributed by atoms with Gasteiger partial charge in [0.1, 0.15) is 0 Å². The standard InChI is InChI=1S/C11H23N.C10H21NO.C10H21N.C10H20O.C10H20S.C9H19NO.C9H18O2/c1-11(2,3)12(4)10-8-6-5-7-9-10;1-10(2,3)11-8-4-6-9(12)7-5-8;3*1-10(2,3)11-9-7-5-4-6-8-9;1-9(2,3)10-8-4-6-11-7-5-8;1-9(2,3)11-8-4-6-10-7-5-8/h10H,5-9H2,1-4H3;8-9,11-12H,4-7H2,1-3H3;9,11H,4-8H2,1-3H3;2*9H,4-8H2,1-3H3;8,10H,4-7H2,1-3H3;8H,4-7H2,1-3H3. The van der Waals surface area contributed by atoms with Crippen molar-refractivity contribution in [3.05, 3.63) is 0 Å². The fraction of sp³-hybridized carbons (Fsp3) is 1.00. The van der Waals surface area contributed by atoms with Crippen molar-refractivity contribution in [2.45, 2.75) is 411 Å². The summed E-state index contributed by atoms with van der Waals surface area (Å²) in [6, 6.07) is 2.93. The molecule has 0 aromatic carbocycles. The zero-order valence-corrected chi connectivity index (χ0v) is 58.0. The minimum Gasteiger partial charge on any atom is -0.393 e. The van der Waals surface area contributed by atoms with Crippen LogP contribution in [0.3, 0.4) is 0 Å². The molecule has 7 rings (SSSR count). The molecule has 0 unspecified atom stereocenters. The van der Waals surface area contributed by atoms with Crippen molar-refractivity contribution in [3.63, 3.8) is 0 Å². The molecular weight excluding hydrogens is 997 g/mol. The molecule has 474 valence electrons. The number of ether oxygens (including phenoxy) is 4. The minimum atomic E-state index is -0.0389. The lowest BCUT2D eigenvalue weighted by atomic mass is 9.91. The monoisotopic (exact) mass is 1140 g/mol. The number of hydrogen-bond donors (Lipinski definition) is 4. The van der Waals surface area contributed by atoms with Crippen LogP contribution in [0.2, 0.25) is 0 Å². The van der Waals surface area contributed by atoms with Gasteiger partial charge in [0.2, 0.25) is 0 Å². The van der Waals surface area contributed by atoms with E-state index in [4.69, 9.17) is 18.9 Å². The molecule has 7 fully saturated rings. The number of aliphatic hydroxyl groups excluding tert-OH is 1. The number of thioether (sulfide) groups is 1. The highest BCUT2D eigenvalue weighted by Crippen LogP contribution is 2.36. The Balaban J connectivity index is 0.000000461. The van der Waals surface area contributed by atoms with Crippen molar-refractivity contribution in [1.29, 1.82) is 0 Å². The van der Waals surface area contributed by atoms with Crippen molar-refractivity contribution >= 4 is 11.8 Å². The minimum absolute atomic E-state index is 0.00199. The Morgan fingerprint density at radius 3 is 1.05 bits per heavy atom. The zero-order valence-electron chi connectivity index (χ0n) is 57.2. The predicted molar refractivity (Wildman–Crippen MR) is 349 cm³/mol. The normalized spacial score (nSPS) is 23.5. The fourth-order valence-electron chi connectivity index (χ4n) is 11.8. The summed E-state index contributed by atoms with van der Waals surface area (Å²) in [5, 5.41) is 21.1. The average molecular weight is 1140 g/mol. The van der Waals surface area contributed by atoms with Gasteiger partial charge in [0.25, 0.3) is 0 Å². The van der Waals surface area contributed by atoms with E-state index in [1.807, 2.05) is 0 Å². The number of hydrogen-bond acceptors (Lipinski definition) is 10. The SMILES string of the molecule is CC(C)(C)NC1CCC(O)CC1.CC(C)(C)NC1CCCCC1.CC(C)(C)NC1CCOCC1.CC(C)(C)OC1CCCCC1.CC(C)(C)OC1CCOCC1.CC(C)(C)SC1CCCCC1.CN(C1CCCCC1)C(C)(C)C. The summed E-state index contributed by atoms with van der Waals surface area (Å²) in [4.78, 5) is 2.55. The third-order valence-electron chi connectivity index (χ3n) is 15.4. The molecule has 7 aliphatic rings. The first-order valence-electron chi connectivity index (χ1n) is 33.3. The summed E-state index contributed by atoms with van der Waals surface area (Å²) in [5.41, 5.74) is 1.18. The van der Waals surface area contributed by atoms with Crippen molar-refractivity contribution in [1.82, 2.24) is 20.9 Å². The molecule has 0 aromatic rings. The number of rotatable bonds is 7. The van der Waals surface area contributed by atoms with Crippen LogP contribution < -0.4 is 16.0 Å². The molecule has 2 heterocycles. The van der Waals surface area contributed by atoms with Crippen LogP contribution in [-0.4, -0.2) is 129 Å².